The Labute approximate surface area is 120 Å². The SMILES string of the molecule is Cc1nc2ccccc2nc1OC[C@H]1O[C@@H](O)[C@H](O)[C@@H]1O. The third-order valence-electron chi connectivity index (χ3n) is 3.42. The van der Waals surface area contributed by atoms with Gasteiger partial charge in [0.1, 0.15) is 30.6 Å². The van der Waals surface area contributed by atoms with Gasteiger partial charge in [0.05, 0.1) is 11.0 Å². The van der Waals surface area contributed by atoms with Crippen LogP contribution in [0, 0.1) is 6.92 Å². The Hall–Kier alpha value is -1.80. The lowest BCUT2D eigenvalue weighted by Crippen LogP contribution is -2.35. The van der Waals surface area contributed by atoms with Crippen LogP contribution < -0.4 is 4.74 Å². The molecule has 0 bridgehead atoms. The average Bonchev–Trinajstić information content (AvgIpc) is 2.72. The van der Waals surface area contributed by atoms with E-state index in [0.29, 0.717) is 17.1 Å². The monoisotopic (exact) mass is 292 g/mol. The molecule has 0 unspecified atom stereocenters. The number of hydrogen-bond acceptors (Lipinski definition) is 7. The van der Waals surface area contributed by atoms with Crippen molar-refractivity contribution in [3.63, 3.8) is 0 Å². The lowest BCUT2D eigenvalue weighted by atomic mass is 10.1. The van der Waals surface area contributed by atoms with Crippen molar-refractivity contribution < 1.29 is 24.8 Å². The van der Waals surface area contributed by atoms with Gasteiger partial charge in [0.15, 0.2) is 6.29 Å². The summed E-state index contributed by atoms with van der Waals surface area (Å²) in [5.74, 6) is 0.334. The van der Waals surface area contributed by atoms with E-state index in [4.69, 9.17) is 9.47 Å². The van der Waals surface area contributed by atoms with Gasteiger partial charge in [0.25, 0.3) is 0 Å². The highest BCUT2D eigenvalue weighted by molar-refractivity contribution is 5.74. The Bertz CT molecular complexity index is 650. The van der Waals surface area contributed by atoms with E-state index >= 15 is 0 Å². The fraction of sp³-hybridized carbons (Fsp3) is 0.429. The first-order valence-corrected chi connectivity index (χ1v) is 6.62. The Morgan fingerprint density at radius 1 is 1.10 bits per heavy atom. The maximum absolute atomic E-state index is 9.70. The Morgan fingerprint density at radius 2 is 1.76 bits per heavy atom. The third kappa shape index (κ3) is 2.68. The topological polar surface area (TPSA) is 105 Å². The van der Waals surface area contributed by atoms with Crippen molar-refractivity contribution in [2.45, 2.75) is 31.5 Å². The van der Waals surface area contributed by atoms with Crippen molar-refractivity contribution >= 4 is 11.0 Å². The molecule has 7 nitrogen and oxygen atoms in total. The number of para-hydroxylation sites is 2. The van der Waals surface area contributed by atoms with Crippen LogP contribution in [0.3, 0.4) is 0 Å². The minimum atomic E-state index is -1.41. The maximum Gasteiger partial charge on any atom is 0.236 e. The van der Waals surface area contributed by atoms with Crippen LogP contribution in [-0.2, 0) is 4.74 Å². The number of aliphatic hydroxyl groups is 3. The molecule has 7 heteroatoms. The highest BCUT2D eigenvalue weighted by atomic mass is 16.7. The minimum Gasteiger partial charge on any atom is -0.473 e. The zero-order valence-corrected chi connectivity index (χ0v) is 11.4. The van der Waals surface area contributed by atoms with Crippen molar-refractivity contribution in [2.75, 3.05) is 6.61 Å². The molecule has 0 spiro atoms. The molecule has 0 saturated carbocycles. The summed E-state index contributed by atoms with van der Waals surface area (Å²) in [6.07, 6.45) is -4.75. The van der Waals surface area contributed by atoms with Gasteiger partial charge in [-0.05, 0) is 19.1 Å². The summed E-state index contributed by atoms with van der Waals surface area (Å²) in [5, 5.41) is 28.4. The molecule has 2 heterocycles. The molecule has 0 aliphatic carbocycles. The van der Waals surface area contributed by atoms with Crippen LogP contribution in [0.15, 0.2) is 24.3 Å². The van der Waals surface area contributed by atoms with Crippen LogP contribution in [0.1, 0.15) is 5.69 Å². The van der Waals surface area contributed by atoms with E-state index < -0.39 is 24.6 Å². The number of nitrogens with zero attached hydrogens (tertiary/aromatic N) is 2. The van der Waals surface area contributed by atoms with Crippen LogP contribution in [0.2, 0.25) is 0 Å². The lowest BCUT2D eigenvalue weighted by Gasteiger charge is -2.15. The normalized spacial score (nSPS) is 29.0. The number of fused-ring (bicyclic) bond motifs is 1. The van der Waals surface area contributed by atoms with Crippen molar-refractivity contribution in [1.82, 2.24) is 9.97 Å². The predicted molar refractivity (Wildman–Crippen MR) is 72.7 cm³/mol. The number of ether oxygens (including phenoxy) is 2. The Kier molecular flexibility index (Phi) is 3.73. The average molecular weight is 292 g/mol. The fourth-order valence-electron chi connectivity index (χ4n) is 2.24. The number of aliphatic hydroxyl groups excluding tert-OH is 3. The number of aryl methyl sites for hydroxylation is 1. The molecule has 21 heavy (non-hydrogen) atoms. The quantitative estimate of drug-likeness (QED) is 0.716. The number of aromatic nitrogens is 2. The molecule has 1 aliphatic heterocycles. The summed E-state index contributed by atoms with van der Waals surface area (Å²) in [6.45, 7) is 1.73. The second-order valence-electron chi connectivity index (χ2n) is 4.96. The first-order chi connectivity index (χ1) is 10.1. The largest absolute Gasteiger partial charge is 0.473 e. The van der Waals surface area contributed by atoms with E-state index in [-0.39, 0.29) is 6.61 Å². The first kappa shape index (κ1) is 14.2. The van der Waals surface area contributed by atoms with Crippen molar-refractivity contribution in [3.05, 3.63) is 30.0 Å². The molecule has 0 amide bonds. The van der Waals surface area contributed by atoms with Gasteiger partial charge in [-0.1, -0.05) is 12.1 Å². The van der Waals surface area contributed by atoms with Gasteiger partial charge in [0, 0.05) is 0 Å². The summed E-state index contributed by atoms with van der Waals surface area (Å²) in [5.41, 5.74) is 2.08. The summed E-state index contributed by atoms with van der Waals surface area (Å²) >= 11 is 0. The molecule has 1 fully saturated rings. The zero-order chi connectivity index (χ0) is 15.0. The van der Waals surface area contributed by atoms with Crippen molar-refractivity contribution in [3.8, 4) is 5.88 Å². The van der Waals surface area contributed by atoms with Crippen LogP contribution in [0.25, 0.3) is 11.0 Å². The van der Waals surface area contributed by atoms with Gasteiger partial charge in [-0.25, -0.2) is 9.97 Å². The number of rotatable bonds is 3. The highest BCUT2D eigenvalue weighted by Gasteiger charge is 2.42. The molecule has 1 aliphatic rings. The van der Waals surface area contributed by atoms with Gasteiger partial charge < -0.3 is 24.8 Å². The predicted octanol–water partition coefficient (Wildman–Crippen LogP) is -0.244. The second-order valence-corrected chi connectivity index (χ2v) is 4.96. The molecule has 1 aromatic carbocycles. The van der Waals surface area contributed by atoms with Crippen LogP contribution in [0.4, 0.5) is 0 Å². The molecular weight excluding hydrogens is 276 g/mol. The van der Waals surface area contributed by atoms with E-state index in [1.54, 1.807) is 6.92 Å². The minimum absolute atomic E-state index is 0.0385. The molecule has 112 valence electrons. The third-order valence-corrected chi connectivity index (χ3v) is 3.42. The number of hydrogen-bond donors (Lipinski definition) is 3. The molecule has 1 aromatic heterocycles. The summed E-state index contributed by atoms with van der Waals surface area (Å²) in [4.78, 5) is 8.73. The van der Waals surface area contributed by atoms with E-state index in [2.05, 4.69) is 9.97 Å². The summed E-state index contributed by atoms with van der Waals surface area (Å²) in [7, 11) is 0. The fourth-order valence-corrected chi connectivity index (χ4v) is 2.24. The van der Waals surface area contributed by atoms with Crippen LogP contribution >= 0.6 is 0 Å². The first-order valence-electron chi connectivity index (χ1n) is 6.62. The summed E-state index contributed by atoms with van der Waals surface area (Å²) in [6, 6.07) is 7.41. The van der Waals surface area contributed by atoms with E-state index in [1.165, 1.54) is 0 Å². The number of benzene rings is 1. The van der Waals surface area contributed by atoms with Gasteiger partial charge in [-0.15, -0.1) is 0 Å². The standard InChI is InChI=1S/C14H16N2O5/c1-7-13(16-9-5-3-2-4-8(9)15-7)20-6-10-11(17)12(18)14(19)21-10/h2-5,10-12,14,17-19H,6H2,1H3/t10-,11-,12-,14-/m1/s1. The van der Waals surface area contributed by atoms with Gasteiger partial charge in [0.2, 0.25) is 5.88 Å². The molecule has 3 rings (SSSR count). The van der Waals surface area contributed by atoms with Crippen molar-refractivity contribution in [1.29, 1.82) is 0 Å². The van der Waals surface area contributed by atoms with Gasteiger partial charge in [-0.2, -0.15) is 0 Å². The molecule has 1 saturated heterocycles. The second kappa shape index (κ2) is 5.53. The molecule has 0 radical (unpaired) electrons. The van der Waals surface area contributed by atoms with Crippen LogP contribution in [-0.4, -0.2) is 56.5 Å². The molecular formula is C14H16N2O5. The Balaban J connectivity index is 1.75. The van der Waals surface area contributed by atoms with Crippen molar-refractivity contribution in [2.24, 2.45) is 0 Å². The zero-order valence-electron chi connectivity index (χ0n) is 11.4. The molecule has 4 atom stereocenters. The molecule has 3 N–H and O–H groups in total. The smallest absolute Gasteiger partial charge is 0.236 e. The van der Waals surface area contributed by atoms with Gasteiger partial charge >= 0.3 is 0 Å². The molecule has 2 aromatic rings. The van der Waals surface area contributed by atoms with E-state index in [0.717, 1.165) is 5.52 Å². The highest BCUT2D eigenvalue weighted by Crippen LogP contribution is 2.22. The summed E-state index contributed by atoms with van der Waals surface area (Å²) < 4.78 is 10.5. The van der Waals surface area contributed by atoms with Crippen LogP contribution in [0.5, 0.6) is 5.88 Å². The maximum atomic E-state index is 9.70. The lowest BCUT2D eigenvalue weighted by molar-refractivity contribution is -0.131. The van der Waals surface area contributed by atoms with Gasteiger partial charge in [-0.3, -0.25) is 0 Å². The Morgan fingerprint density at radius 3 is 2.38 bits per heavy atom. The van der Waals surface area contributed by atoms with E-state index in [1.807, 2.05) is 24.3 Å². The van der Waals surface area contributed by atoms with E-state index in [9.17, 15) is 15.3 Å².